The molecule has 8 nitrogen and oxygen atoms in total. The molecule has 2 amide bonds. The topological polar surface area (TPSA) is 114 Å². The van der Waals surface area contributed by atoms with Crippen molar-refractivity contribution < 1.29 is 29.0 Å². The Bertz CT molecular complexity index is 1310. The van der Waals surface area contributed by atoms with Crippen LogP contribution in [0.1, 0.15) is 91.8 Å². The number of carboxylic acid groups (broad SMARTS) is 1. The van der Waals surface area contributed by atoms with E-state index in [1.165, 1.54) is 25.3 Å². The number of unbranched alkanes of at least 4 members (excludes halogenated alkanes) is 4. The van der Waals surface area contributed by atoms with Gasteiger partial charge in [0.15, 0.2) is 0 Å². The summed E-state index contributed by atoms with van der Waals surface area (Å²) in [5.74, 6) is 0.624. The third-order valence-electron chi connectivity index (χ3n) is 7.43. The standard InChI is InChI=1S/C34H40N2O6/c1-2-3-4-5-6-11-32(37)35-25-14-18-27(19-15-25)42-29-22-20-28(21-23-29)41-26-16-12-24(13-17-26)33(38)36-31-10-8-7-9-30(31)34(39)40/h7-10,12-13,16-17,20-23,25,27H,2-6,11,14-15,18-19H2,1H3,(H,35,37)(H,36,38)(H,39,40). The lowest BCUT2D eigenvalue weighted by Gasteiger charge is -2.29. The third kappa shape index (κ3) is 9.36. The highest BCUT2D eigenvalue weighted by molar-refractivity contribution is 6.07. The zero-order valence-corrected chi connectivity index (χ0v) is 24.1. The lowest BCUT2D eigenvalue weighted by Crippen LogP contribution is -2.39. The predicted molar refractivity (Wildman–Crippen MR) is 163 cm³/mol. The Morgan fingerprint density at radius 1 is 0.786 bits per heavy atom. The van der Waals surface area contributed by atoms with Crippen molar-refractivity contribution in [2.24, 2.45) is 0 Å². The number of anilines is 1. The van der Waals surface area contributed by atoms with Crippen LogP contribution in [0.2, 0.25) is 0 Å². The molecule has 3 N–H and O–H groups in total. The van der Waals surface area contributed by atoms with Gasteiger partial charge in [-0.2, -0.15) is 0 Å². The molecule has 42 heavy (non-hydrogen) atoms. The van der Waals surface area contributed by atoms with Crippen LogP contribution in [0.4, 0.5) is 5.69 Å². The van der Waals surface area contributed by atoms with Gasteiger partial charge in [0, 0.05) is 18.0 Å². The fourth-order valence-corrected chi connectivity index (χ4v) is 5.08. The van der Waals surface area contributed by atoms with Crippen LogP contribution in [-0.2, 0) is 4.79 Å². The Morgan fingerprint density at radius 3 is 2.07 bits per heavy atom. The Morgan fingerprint density at radius 2 is 1.40 bits per heavy atom. The number of carbonyl (C=O) groups excluding carboxylic acids is 2. The summed E-state index contributed by atoms with van der Waals surface area (Å²) in [6.07, 6.45) is 10.2. The molecule has 4 rings (SSSR count). The average Bonchev–Trinajstić information content (AvgIpc) is 2.99. The minimum atomic E-state index is -1.11. The van der Waals surface area contributed by atoms with E-state index in [1.54, 1.807) is 42.5 Å². The molecule has 0 aromatic heterocycles. The Labute approximate surface area is 247 Å². The second kappa shape index (κ2) is 15.6. The van der Waals surface area contributed by atoms with E-state index in [0.717, 1.165) is 44.3 Å². The predicted octanol–water partition coefficient (Wildman–Crippen LogP) is 7.60. The Kier molecular flexibility index (Phi) is 11.4. The molecule has 1 aliphatic carbocycles. The van der Waals surface area contributed by atoms with Gasteiger partial charge in [-0.3, -0.25) is 9.59 Å². The third-order valence-corrected chi connectivity index (χ3v) is 7.43. The van der Waals surface area contributed by atoms with Gasteiger partial charge in [-0.25, -0.2) is 4.79 Å². The van der Waals surface area contributed by atoms with E-state index in [4.69, 9.17) is 9.47 Å². The smallest absolute Gasteiger partial charge is 0.337 e. The van der Waals surface area contributed by atoms with E-state index in [9.17, 15) is 19.5 Å². The van der Waals surface area contributed by atoms with E-state index in [0.29, 0.717) is 23.5 Å². The van der Waals surface area contributed by atoms with Crippen molar-refractivity contribution in [3.8, 4) is 17.2 Å². The minimum Gasteiger partial charge on any atom is -0.490 e. The number of carbonyl (C=O) groups is 3. The van der Waals surface area contributed by atoms with Crippen molar-refractivity contribution in [1.82, 2.24) is 5.32 Å². The molecule has 0 spiro atoms. The van der Waals surface area contributed by atoms with Gasteiger partial charge < -0.3 is 25.2 Å². The molecule has 0 radical (unpaired) electrons. The molecule has 0 atom stereocenters. The molecule has 0 unspecified atom stereocenters. The fraction of sp³-hybridized carbons (Fsp3) is 0.382. The first-order valence-corrected chi connectivity index (χ1v) is 14.9. The number of ether oxygens (including phenoxy) is 2. The highest BCUT2D eigenvalue weighted by atomic mass is 16.5. The molecule has 0 bridgehead atoms. The van der Waals surface area contributed by atoms with Crippen molar-refractivity contribution >= 4 is 23.5 Å². The first kappa shape index (κ1) is 30.6. The summed E-state index contributed by atoms with van der Waals surface area (Å²) in [7, 11) is 0. The van der Waals surface area contributed by atoms with Crippen LogP contribution in [-0.4, -0.2) is 35.0 Å². The maximum absolute atomic E-state index is 12.6. The largest absolute Gasteiger partial charge is 0.490 e. The average molecular weight is 573 g/mol. The van der Waals surface area contributed by atoms with Crippen LogP contribution in [0.15, 0.2) is 72.8 Å². The molecule has 1 saturated carbocycles. The number of nitrogens with one attached hydrogen (secondary N) is 2. The first-order valence-electron chi connectivity index (χ1n) is 14.9. The van der Waals surface area contributed by atoms with Gasteiger partial charge in [0.2, 0.25) is 5.91 Å². The van der Waals surface area contributed by atoms with E-state index >= 15 is 0 Å². The summed E-state index contributed by atoms with van der Waals surface area (Å²) >= 11 is 0. The number of hydrogen-bond acceptors (Lipinski definition) is 5. The maximum Gasteiger partial charge on any atom is 0.337 e. The van der Waals surface area contributed by atoms with Gasteiger partial charge >= 0.3 is 5.97 Å². The zero-order valence-electron chi connectivity index (χ0n) is 24.1. The summed E-state index contributed by atoms with van der Waals surface area (Å²) in [5.41, 5.74) is 0.641. The second-order valence-electron chi connectivity index (χ2n) is 10.7. The normalized spacial score (nSPS) is 16.3. The van der Waals surface area contributed by atoms with Gasteiger partial charge in [0.25, 0.3) is 5.91 Å². The van der Waals surface area contributed by atoms with Crippen molar-refractivity contribution in [3.05, 3.63) is 83.9 Å². The summed E-state index contributed by atoms with van der Waals surface area (Å²) in [5, 5.41) is 15.2. The van der Waals surface area contributed by atoms with Crippen molar-refractivity contribution in [2.75, 3.05) is 5.32 Å². The molecule has 3 aromatic carbocycles. The summed E-state index contributed by atoms with van der Waals surface area (Å²) < 4.78 is 12.1. The minimum absolute atomic E-state index is 0.0261. The van der Waals surface area contributed by atoms with Crippen LogP contribution >= 0.6 is 0 Å². The van der Waals surface area contributed by atoms with E-state index in [-0.39, 0.29) is 29.3 Å². The van der Waals surface area contributed by atoms with Gasteiger partial charge in [0.1, 0.15) is 17.2 Å². The number of benzene rings is 3. The van der Waals surface area contributed by atoms with Crippen molar-refractivity contribution in [2.45, 2.75) is 83.3 Å². The molecule has 222 valence electrons. The monoisotopic (exact) mass is 572 g/mol. The van der Waals surface area contributed by atoms with Crippen LogP contribution in [0.25, 0.3) is 0 Å². The Hall–Kier alpha value is -4.33. The van der Waals surface area contributed by atoms with Crippen LogP contribution in [0, 0.1) is 0 Å². The number of hydrogen-bond donors (Lipinski definition) is 3. The molecule has 8 heteroatoms. The van der Waals surface area contributed by atoms with Crippen LogP contribution < -0.4 is 20.1 Å². The van der Waals surface area contributed by atoms with Gasteiger partial charge in [-0.05, 0) is 92.8 Å². The van der Waals surface area contributed by atoms with Gasteiger partial charge in [-0.15, -0.1) is 0 Å². The fourth-order valence-electron chi connectivity index (χ4n) is 5.08. The van der Waals surface area contributed by atoms with E-state index in [1.807, 2.05) is 24.3 Å². The second-order valence-corrected chi connectivity index (χ2v) is 10.7. The first-order chi connectivity index (χ1) is 20.4. The molecule has 0 heterocycles. The van der Waals surface area contributed by atoms with Crippen LogP contribution in [0.5, 0.6) is 17.2 Å². The summed E-state index contributed by atoms with van der Waals surface area (Å²) in [6, 6.07) is 20.6. The lowest BCUT2D eigenvalue weighted by molar-refractivity contribution is -0.122. The highest BCUT2D eigenvalue weighted by Gasteiger charge is 2.23. The molecule has 1 aliphatic rings. The number of aromatic carboxylic acids is 1. The number of carboxylic acids is 1. The zero-order chi connectivity index (χ0) is 29.7. The quantitative estimate of drug-likeness (QED) is 0.171. The van der Waals surface area contributed by atoms with Crippen molar-refractivity contribution in [3.63, 3.8) is 0 Å². The SMILES string of the molecule is CCCCCCCC(=O)NC1CCC(Oc2ccc(Oc3ccc(C(=O)Nc4ccccc4C(=O)O)cc3)cc2)CC1. The van der Waals surface area contributed by atoms with E-state index in [2.05, 4.69) is 17.6 Å². The lowest BCUT2D eigenvalue weighted by atomic mass is 9.92. The molecular weight excluding hydrogens is 532 g/mol. The van der Waals surface area contributed by atoms with Crippen molar-refractivity contribution in [1.29, 1.82) is 0 Å². The highest BCUT2D eigenvalue weighted by Crippen LogP contribution is 2.28. The number of amides is 2. The molecule has 3 aromatic rings. The van der Waals surface area contributed by atoms with Gasteiger partial charge in [0.05, 0.1) is 17.4 Å². The molecule has 0 aliphatic heterocycles. The molecule has 0 saturated heterocycles. The van der Waals surface area contributed by atoms with E-state index < -0.39 is 11.9 Å². The maximum atomic E-state index is 12.6. The van der Waals surface area contributed by atoms with Crippen LogP contribution in [0.3, 0.4) is 0 Å². The van der Waals surface area contributed by atoms with Gasteiger partial charge in [-0.1, -0.05) is 44.7 Å². The number of para-hydroxylation sites is 1. The molecular formula is C34H40N2O6. The number of rotatable bonds is 14. The Balaban J connectivity index is 1.19. The summed E-state index contributed by atoms with van der Waals surface area (Å²) in [6.45, 7) is 2.19. The summed E-state index contributed by atoms with van der Waals surface area (Å²) in [4.78, 5) is 36.2. The molecule has 1 fully saturated rings.